The summed E-state index contributed by atoms with van der Waals surface area (Å²) in [6.07, 6.45) is 0. The summed E-state index contributed by atoms with van der Waals surface area (Å²) in [5.74, 6) is 0. The average molecular weight is 314 g/mol. The minimum atomic E-state index is 0.915. The van der Waals surface area contributed by atoms with Gasteiger partial charge in [-0.25, -0.2) is 0 Å². The van der Waals surface area contributed by atoms with E-state index in [0.717, 1.165) is 10.7 Å². The molecule has 0 fully saturated rings. The van der Waals surface area contributed by atoms with Gasteiger partial charge in [-0.05, 0) is 21.9 Å². The smallest absolute Gasteiger partial charge is 0.0289 e. The lowest BCUT2D eigenvalue weighted by atomic mass is 10.0. The van der Waals surface area contributed by atoms with Crippen LogP contribution >= 0.6 is 31.9 Å². The molecule has 2 rings (SSSR count). The maximum atomic E-state index is 3.50. The van der Waals surface area contributed by atoms with Crippen LogP contribution in [0, 0.1) is 0 Å². The van der Waals surface area contributed by atoms with Gasteiger partial charge in [0.15, 0.2) is 0 Å². The van der Waals surface area contributed by atoms with Crippen molar-refractivity contribution < 1.29 is 0 Å². The fourth-order valence-corrected chi connectivity index (χ4v) is 2.44. The van der Waals surface area contributed by atoms with E-state index in [1.165, 1.54) is 21.9 Å². The standard InChI is InChI=1S/C12H10Br2/c13-7-9-4-5-12-10(6-9)2-1-3-11(12)8-14/h1-6H,7-8H2. The Morgan fingerprint density at radius 1 is 0.929 bits per heavy atom. The van der Waals surface area contributed by atoms with Crippen LogP contribution in [0.25, 0.3) is 10.8 Å². The van der Waals surface area contributed by atoms with Crippen LogP contribution in [0.5, 0.6) is 0 Å². The summed E-state index contributed by atoms with van der Waals surface area (Å²) in [4.78, 5) is 0. The Hall–Kier alpha value is -0.340. The summed E-state index contributed by atoms with van der Waals surface area (Å²) < 4.78 is 0. The Labute approximate surface area is 101 Å². The van der Waals surface area contributed by atoms with E-state index < -0.39 is 0 Å². The van der Waals surface area contributed by atoms with Gasteiger partial charge in [-0.15, -0.1) is 0 Å². The van der Waals surface area contributed by atoms with Gasteiger partial charge in [0.2, 0.25) is 0 Å². The molecule has 0 atom stereocenters. The number of hydrogen-bond donors (Lipinski definition) is 0. The lowest BCUT2D eigenvalue weighted by molar-refractivity contribution is 1.44. The Balaban J connectivity index is 2.67. The zero-order valence-corrected chi connectivity index (χ0v) is 10.8. The largest absolute Gasteiger partial charge is 0.0876 e. The normalized spacial score (nSPS) is 10.7. The molecule has 0 saturated heterocycles. The molecule has 2 aromatic carbocycles. The molecule has 0 unspecified atom stereocenters. The van der Waals surface area contributed by atoms with Crippen LogP contribution in [0.2, 0.25) is 0 Å². The molecule has 72 valence electrons. The maximum Gasteiger partial charge on any atom is 0.0289 e. The second-order valence-corrected chi connectivity index (χ2v) is 4.36. The molecule has 0 aliphatic heterocycles. The van der Waals surface area contributed by atoms with Gasteiger partial charge in [-0.3, -0.25) is 0 Å². The van der Waals surface area contributed by atoms with Crippen molar-refractivity contribution in [3.05, 3.63) is 47.5 Å². The monoisotopic (exact) mass is 312 g/mol. The minimum absolute atomic E-state index is 0.915. The van der Waals surface area contributed by atoms with E-state index in [0.29, 0.717) is 0 Å². The van der Waals surface area contributed by atoms with Gasteiger partial charge in [0.25, 0.3) is 0 Å². The van der Waals surface area contributed by atoms with E-state index in [-0.39, 0.29) is 0 Å². The van der Waals surface area contributed by atoms with Gasteiger partial charge in [0, 0.05) is 10.7 Å². The van der Waals surface area contributed by atoms with Crippen molar-refractivity contribution in [1.82, 2.24) is 0 Å². The molecule has 0 nitrogen and oxygen atoms in total. The van der Waals surface area contributed by atoms with Crippen LogP contribution in [0.4, 0.5) is 0 Å². The van der Waals surface area contributed by atoms with E-state index in [4.69, 9.17) is 0 Å². The Kier molecular flexibility index (Phi) is 3.24. The van der Waals surface area contributed by atoms with Crippen molar-refractivity contribution >= 4 is 42.6 Å². The third-order valence-corrected chi connectivity index (χ3v) is 3.58. The molecule has 0 saturated carbocycles. The molecule has 0 aliphatic rings. The first kappa shape index (κ1) is 10.2. The number of alkyl halides is 2. The molecular formula is C12H10Br2. The molecule has 0 N–H and O–H groups in total. The highest BCUT2D eigenvalue weighted by atomic mass is 79.9. The van der Waals surface area contributed by atoms with Gasteiger partial charge in [-0.2, -0.15) is 0 Å². The highest BCUT2D eigenvalue weighted by molar-refractivity contribution is 9.08. The molecule has 0 aromatic heterocycles. The third kappa shape index (κ3) is 1.86. The van der Waals surface area contributed by atoms with E-state index in [2.05, 4.69) is 68.3 Å². The number of halogens is 2. The summed E-state index contributed by atoms with van der Waals surface area (Å²) in [5.41, 5.74) is 2.67. The van der Waals surface area contributed by atoms with Crippen LogP contribution in [0.3, 0.4) is 0 Å². The second kappa shape index (κ2) is 4.45. The van der Waals surface area contributed by atoms with Crippen LogP contribution in [-0.2, 0) is 10.7 Å². The molecule has 2 aromatic rings. The van der Waals surface area contributed by atoms with Crippen molar-refractivity contribution in [2.24, 2.45) is 0 Å². The lowest BCUT2D eigenvalue weighted by Crippen LogP contribution is -1.83. The molecule has 0 bridgehead atoms. The SMILES string of the molecule is BrCc1ccc2c(CBr)cccc2c1. The van der Waals surface area contributed by atoms with Crippen molar-refractivity contribution in [2.75, 3.05) is 0 Å². The fraction of sp³-hybridized carbons (Fsp3) is 0.167. The number of fused-ring (bicyclic) bond motifs is 1. The predicted octanol–water partition coefficient (Wildman–Crippen LogP) is 4.63. The summed E-state index contributed by atoms with van der Waals surface area (Å²) >= 11 is 6.97. The molecule has 2 heteroatoms. The first-order valence-electron chi connectivity index (χ1n) is 4.47. The summed E-state index contributed by atoms with van der Waals surface area (Å²) in [7, 11) is 0. The van der Waals surface area contributed by atoms with E-state index in [9.17, 15) is 0 Å². The first-order valence-corrected chi connectivity index (χ1v) is 6.72. The van der Waals surface area contributed by atoms with Crippen molar-refractivity contribution in [3.8, 4) is 0 Å². The topological polar surface area (TPSA) is 0 Å². The lowest BCUT2D eigenvalue weighted by Gasteiger charge is -2.04. The van der Waals surface area contributed by atoms with Crippen LogP contribution in [0.1, 0.15) is 11.1 Å². The molecular weight excluding hydrogens is 304 g/mol. The Bertz CT molecular complexity index is 449. The van der Waals surface area contributed by atoms with E-state index >= 15 is 0 Å². The Morgan fingerprint density at radius 3 is 2.50 bits per heavy atom. The second-order valence-electron chi connectivity index (χ2n) is 3.24. The summed E-state index contributed by atoms with van der Waals surface area (Å²) in [6.45, 7) is 0. The highest BCUT2D eigenvalue weighted by Crippen LogP contribution is 2.22. The van der Waals surface area contributed by atoms with Gasteiger partial charge in [0.05, 0.1) is 0 Å². The predicted molar refractivity (Wildman–Crippen MR) is 69.2 cm³/mol. The van der Waals surface area contributed by atoms with Crippen LogP contribution in [0.15, 0.2) is 36.4 Å². The van der Waals surface area contributed by atoms with Crippen LogP contribution in [-0.4, -0.2) is 0 Å². The number of benzene rings is 2. The zero-order chi connectivity index (χ0) is 9.97. The summed E-state index contributed by atoms with van der Waals surface area (Å²) in [6, 6.07) is 13.0. The van der Waals surface area contributed by atoms with Crippen molar-refractivity contribution in [2.45, 2.75) is 10.7 Å². The first-order chi connectivity index (χ1) is 6.85. The molecule has 14 heavy (non-hydrogen) atoms. The third-order valence-electron chi connectivity index (χ3n) is 2.33. The van der Waals surface area contributed by atoms with Crippen molar-refractivity contribution in [1.29, 1.82) is 0 Å². The van der Waals surface area contributed by atoms with Crippen LogP contribution < -0.4 is 0 Å². The number of rotatable bonds is 2. The average Bonchev–Trinajstić information content (AvgIpc) is 2.27. The van der Waals surface area contributed by atoms with Gasteiger partial charge >= 0.3 is 0 Å². The molecule has 0 spiro atoms. The van der Waals surface area contributed by atoms with Crippen molar-refractivity contribution in [3.63, 3.8) is 0 Å². The maximum absolute atomic E-state index is 3.50. The zero-order valence-electron chi connectivity index (χ0n) is 7.63. The van der Waals surface area contributed by atoms with E-state index in [1.54, 1.807) is 0 Å². The number of hydrogen-bond acceptors (Lipinski definition) is 0. The van der Waals surface area contributed by atoms with E-state index in [1.807, 2.05) is 0 Å². The minimum Gasteiger partial charge on any atom is -0.0876 e. The fourth-order valence-electron chi connectivity index (χ4n) is 1.60. The summed E-state index contributed by atoms with van der Waals surface area (Å²) in [5, 5.41) is 4.49. The Morgan fingerprint density at radius 2 is 1.79 bits per heavy atom. The molecule has 0 aliphatic carbocycles. The molecule has 0 radical (unpaired) electrons. The quantitative estimate of drug-likeness (QED) is 0.709. The van der Waals surface area contributed by atoms with Gasteiger partial charge in [-0.1, -0.05) is 68.3 Å². The van der Waals surface area contributed by atoms with Gasteiger partial charge < -0.3 is 0 Å². The van der Waals surface area contributed by atoms with Gasteiger partial charge in [0.1, 0.15) is 0 Å². The highest BCUT2D eigenvalue weighted by Gasteiger charge is 1.99. The molecule has 0 heterocycles. The molecule has 0 amide bonds.